The molecule has 1 N–H and O–H groups in total. The highest BCUT2D eigenvalue weighted by Gasteiger charge is 2.16. The van der Waals surface area contributed by atoms with Gasteiger partial charge < -0.3 is 14.9 Å². The Balaban J connectivity index is 1.91. The van der Waals surface area contributed by atoms with E-state index in [-0.39, 0.29) is 0 Å². The van der Waals surface area contributed by atoms with Gasteiger partial charge in [-0.2, -0.15) is 0 Å². The van der Waals surface area contributed by atoms with E-state index in [9.17, 15) is 5.11 Å². The summed E-state index contributed by atoms with van der Waals surface area (Å²) in [5.41, 5.74) is 0.957. The fourth-order valence-electron chi connectivity index (χ4n) is 2.34. The van der Waals surface area contributed by atoms with Crippen LogP contribution in [-0.4, -0.2) is 48.2 Å². The van der Waals surface area contributed by atoms with Crippen LogP contribution in [0.25, 0.3) is 0 Å². The molecule has 5 heteroatoms. The molecule has 1 aliphatic rings. The molecule has 0 spiro atoms. The van der Waals surface area contributed by atoms with Crippen LogP contribution in [0.2, 0.25) is 0 Å². The number of hydrogen-bond acceptors (Lipinski definition) is 5. The molecule has 1 fully saturated rings. The number of aliphatic hydroxyl groups excluding tert-OH is 1. The molecule has 0 aromatic carbocycles. The number of hydrogen-bond donors (Lipinski definition) is 1. The summed E-state index contributed by atoms with van der Waals surface area (Å²) in [4.78, 5) is 10.2. The second-order valence-corrected chi connectivity index (χ2v) is 6.10. The van der Waals surface area contributed by atoms with Gasteiger partial charge in [-0.25, -0.2) is 4.98 Å². The van der Waals surface area contributed by atoms with Crippen LogP contribution < -0.4 is 4.90 Å². The maximum Gasteiger partial charge on any atom is 0.185 e. The molecule has 1 aromatic heterocycles. The molecule has 2 rings (SSSR count). The number of nitrogens with zero attached hydrogens (tertiary/aromatic N) is 3. The third-order valence-electron chi connectivity index (χ3n) is 3.48. The van der Waals surface area contributed by atoms with Gasteiger partial charge in [-0.05, 0) is 39.8 Å². The van der Waals surface area contributed by atoms with E-state index in [1.54, 1.807) is 18.3 Å². The van der Waals surface area contributed by atoms with Crippen LogP contribution in [-0.2, 0) is 0 Å². The molecular weight excluding hydrogens is 246 g/mol. The summed E-state index contributed by atoms with van der Waals surface area (Å²) in [5.74, 6) is 0. The van der Waals surface area contributed by atoms with E-state index in [0.717, 1.165) is 28.8 Å². The summed E-state index contributed by atoms with van der Waals surface area (Å²) >= 11 is 1.60. The maximum absolute atomic E-state index is 9.65. The molecule has 4 nitrogen and oxygen atoms in total. The number of anilines is 1. The van der Waals surface area contributed by atoms with E-state index < -0.39 is 6.10 Å². The Morgan fingerprint density at radius 2 is 2.11 bits per heavy atom. The van der Waals surface area contributed by atoms with Crippen LogP contribution in [0.5, 0.6) is 0 Å². The number of aromatic nitrogens is 1. The highest BCUT2D eigenvalue weighted by Crippen LogP contribution is 2.29. The Morgan fingerprint density at radius 1 is 1.44 bits per heavy atom. The molecular formula is C13H23N3OS. The summed E-state index contributed by atoms with van der Waals surface area (Å²) < 4.78 is 0. The van der Waals surface area contributed by atoms with Crippen LogP contribution in [0.4, 0.5) is 5.13 Å². The van der Waals surface area contributed by atoms with Crippen molar-refractivity contribution in [3.05, 3.63) is 10.6 Å². The molecule has 2 heterocycles. The highest BCUT2D eigenvalue weighted by molar-refractivity contribution is 7.15. The van der Waals surface area contributed by atoms with Crippen molar-refractivity contribution in [1.82, 2.24) is 9.88 Å². The number of aliphatic hydroxyl groups is 1. The second kappa shape index (κ2) is 5.99. The van der Waals surface area contributed by atoms with E-state index in [1.807, 2.05) is 6.92 Å². The number of aryl methyl sites for hydroxylation is 1. The summed E-state index contributed by atoms with van der Waals surface area (Å²) in [6, 6.07) is 0. The molecule has 102 valence electrons. The van der Waals surface area contributed by atoms with E-state index >= 15 is 0 Å². The van der Waals surface area contributed by atoms with Gasteiger partial charge in [0, 0.05) is 20.1 Å². The molecule has 1 atom stereocenters. The van der Waals surface area contributed by atoms with Crippen LogP contribution in [0, 0.1) is 6.92 Å². The zero-order valence-corrected chi connectivity index (χ0v) is 12.3. The van der Waals surface area contributed by atoms with Crippen molar-refractivity contribution in [2.24, 2.45) is 0 Å². The van der Waals surface area contributed by atoms with Gasteiger partial charge in [0.15, 0.2) is 5.13 Å². The summed E-state index contributed by atoms with van der Waals surface area (Å²) in [6.07, 6.45) is 2.27. The van der Waals surface area contributed by atoms with Gasteiger partial charge in [0.25, 0.3) is 0 Å². The quantitative estimate of drug-likeness (QED) is 0.888. The molecule has 1 saturated heterocycles. The van der Waals surface area contributed by atoms with E-state index in [4.69, 9.17) is 0 Å². The van der Waals surface area contributed by atoms with Gasteiger partial charge >= 0.3 is 0 Å². The number of likely N-dealkylation sites (N-methyl/N-ethyl adjacent to an activating group) is 1. The highest BCUT2D eigenvalue weighted by atomic mass is 32.1. The fraction of sp³-hybridized carbons (Fsp3) is 0.769. The monoisotopic (exact) mass is 269 g/mol. The minimum atomic E-state index is -0.414. The van der Waals surface area contributed by atoms with Crippen LogP contribution in [0.3, 0.4) is 0 Å². The third-order valence-corrected chi connectivity index (χ3v) is 4.92. The predicted octanol–water partition coefficient (Wildman–Crippen LogP) is 2.04. The third kappa shape index (κ3) is 3.22. The standard InChI is InChI=1S/C13H23N3OS/c1-10-12(11(2)17)18-13(14-10)15(3)8-9-16-6-4-5-7-16/h11,17H,4-9H2,1-3H3. The molecule has 0 radical (unpaired) electrons. The largest absolute Gasteiger partial charge is 0.388 e. The Bertz CT molecular complexity index is 386. The molecule has 1 aliphatic heterocycles. The lowest BCUT2D eigenvalue weighted by molar-refractivity contribution is 0.202. The first-order valence-corrected chi connectivity index (χ1v) is 7.48. The van der Waals surface area contributed by atoms with Crippen molar-refractivity contribution in [2.75, 3.05) is 38.1 Å². The first-order chi connectivity index (χ1) is 8.58. The van der Waals surface area contributed by atoms with Crippen LogP contribution in [0.1, 0.15) is 36.4 Å². The second-order valence-electron chi connectivity index (χ2n) is 5.09. The van der Waals surface area contributed by atoms with Gasteiger partial charge in [-0.15, -0.1) is 0 Å². The van der Waals surface area contributed by atoms with Crippen LogP contribution >= 0.6 is 11.3 Å². The lowest BCUT2D eigenvalue weighted by Crippen LogP contribution is -2.31. The lowest BCUT2D eigenvalue weighted by Gasteiger charge is -2.20. The minimum Gasteiger partial charge on any atom is -0.388 e. The maximum atomic E-state index is 9.65. The average Bonchev–Trinajstić information content (AvgIpc) is 2.94. The van der Waals surface area contributed by atoms with Gasteiger partial charge in [-0.1, -0.05) is 11.3 Å². The van der Waals surface area contributed by atoms with Gasteiger partial charge in [0.05, 0.1) is 16.7 Å². The number of rotatable bonds is 5. The summed E-state index contributed by atoms with van der Waals surface area (Å²) in [7, 11) is 2.08. The predicted molar refractivity (Wildman–Crippen MR) is 76.4 cm³/mol. The zero-order chi connectivity index (χ0) is 13.1. The van der Waals surface area contributed by atoms with Crippen molar-refractivity contribution >= 4 is 16.5 Å². The van der Waals surface area contributed by atoms with Crippen molar-refractivity contribution in [2.45, 2.75) is 32.8 Å². The average molecular weight is 269 g/mol. The Kier molecular flexibility index (Phi) is 4.59. The van der Waals surface area contributed by atoms with Crippen molar-refractivity contribution in [3.8, 4) is 0 Å². The van der Waals surface area contributed by atoms with E-state index in [1.165, 1.54) is 25.9 Å². The smallest absolute Gasteiger partial charge is 0.185 e. The Labute approximate surface area is 113 Å². The molecule has 18 heavy (non-hydrogen) atoms. The molecule has 0 saturated carbocycles. The van der Waals surface area contributed by atoms with Gasteiger partial charge in [-0.3, -0.25) is 0 Å². The van der Waals surface area contributed by atoms with Crippen LogP contribution in [0.15, 0.2) is 0 Å². The summed E-state index contributed by atoms with van der Waals surface area (Å²) in [6.45, 7) is 8.36. The zero-order valence-electron chi connectivity index (χ0n) is 11.5. The summed E-state index contributed by atoms with van der Waals surface area (Å²) in [5, 5.41) is 10.7. The topological polar surface area (TPSA) is 39.6 Å². The Hall–Kier alpha value is -0.650. The van der Waals surface area contributed by atoms with Gasteiger partial charge in [0.1, 0.15) is 0 Å². The number of likely N-dealkylation sites (tertiary alicyclic amines) is 1. The van der Waals surface area contributed by atoms with Crippen molar-refractivity contribution in [3.63, 3.8) is 0 Å². The molecule has 1 unspecified atom stereocenters. The first kappa shape index (κ1) is 13.8. The molecule has 1 aromatic rings. The number of thiazole rings is 1. The van der Waals surface area contributed by atoms with E-state index in [0.29, 0.717) is 0 Å². The molecule has 0 amide bonds. The lowest BCUT2D eigenvalue weighted by atomic mass is 10.3. The first-order valence-electron chi connectivity index (χ1n) is 6.67. The van der Waals surface area contributed by atoms with Crippen molar-refractivity contribution in [1.29, 1.82) is 0 Å². The van der Waals surface area contributed by atoms with Crippen molar-refractivity contribution < 1.29 is 5.11 Å². The normalized spacial score (nSPS) is 18.2. The molecule has 0 bridgehead atoms. The fourth-order valence-corrected chi connectivity index (χ4v) is 3.33. The van der Waals surface area contributed by atoms with E-state index in [2.05, 4.69) is 21.8 Å². The minimum absolute atomic E-state index is 0.414. The van der Waals surface area contributed by atoms with Gasteiger partial charge in [0.2, 0.25) is 0 Å². The Morgan fingerprint density at radius 3 is 2.67 bits per heavy atom. The molecule has 0 aliphatic carbocycles. The SMILES string of the molecule is Cc1nc(N(C)CCN2CCCC2)sc1C(C)O.